The summed E-state index contributed by atoms with van der Waals surface area (Å²) in [4.78, 5) is 25.2. The number of anilines is 2. The molecule has 9 nitrogen and oxygen atoms in total. The summed E-state index contributed by atoms with van der Waals surface area (Å²) in [5, 5.41) is 10.7. The molecule has 0 saturated carbocycles. The smallest absolute Gasteiger partial charge is 0.414 e. The molecule has 3 aliphatic rings. The van der Waals surface area contributed by atoms with E-state index in [4.69, 9.17) is 9.84 Å². The van der Waals surface area contributed by atoms with E-state index in [1.807, 2.05) is 0 Å². The Labute approximate surface area is 171 Å². The summed E-state index contributed by atoms with van der Waals surface area (Å²) in [6, 6.07) is 2.09. The molecular formula is C18H21F2N3O6S. The highest BCUT2D eigenvalue weighted by atomic mass is 32.2. The first-order chi connectivity index (χ1) is 14.1. The van der Waals surface area contributed by atoms with Gasteiger partial charge in [0.1, 0.15) is 11.8 Å². The van der Waals surface area contributed by atoms with E-state index in [1.54, 1.807) is 4.90 Å². The Balaban J connectivity index is 1.45. The van der Waals surface area contributed by atoms with Crippen LogP contribution < -0.4 is 15.1 Å². The Morgan fingerprint density at radius 1 is 1.23 bits per heavy atom. The molecule has 4 rings (SSSR count). The van der Waals surface area contributed by atoms with Crippen LogP contribution in [0.2, 0.25) is 0 Å². The second-order valence-corrected chi connectivity index (χ2v) is 10.1. The molecule has 3 fully saturated rings. The molecular weight excluding hydrogens is 424 g/mol. The number of hydrogen-bond donors (Lipinski definition) is 2. The van der Waals surface area contributed by atoms with E-state index in [9.17, 15) is 26.8 Å². The molecule has 12 heteroatoms. The molecule has 1 spiro atoms. The van der Waals surface area contributed by atoms with Crippen LogP contribution in [0.1, 0.15) is 12.8 Å². The van der Waals surface area contributed by atoms with Crippen molar-refractivity contribution in [2.24, 2.45) is 5.41 Å². The Morgan fingerprint density at radius 3 is 2.37 bits per heavy atom. The third-order valence-electron chi connectivity index (χ3n) is 5.86. The van der Waals surface area contributed by atoms with Crippen molar-refractivity contribution in [3.05, 3.63) is 23.8 Å². The lowest BCUT2D eigenvalue weighted by Crippen LogP contribution is -2.54. The van der Waals surface area contributed by atoms with Gasteiger partial charge in [-0.1, -0.05) is 0 Å². The first-order valence-electron chi connectivity index (χ1n) is 9.47. The first-order valence-corrected chi connectivity index (χ1v) is 11.3. The van der Waals surface area contributed by atoms with Gasteiger partial charge in [0, 0.05) is 30.6 Å². The summed E-state index contributed by atoms with van der Waals surface area (Å²) in [6.07, 6.45) is -1.76. The number of sulfone groups is 1. The predicted molar refractivity (Wildman–Crippen MR) is 103 cm³/mol. The zero-order chi connectivity index (χ0) is 21.7. The second-order valence-electron chi connectivity index (χ2n) is 8.08. The number of hydrogen-bond acceptors (Lipinski definition) is 6. The lowest BCUT2D eigenvalue weighted by Gasteiger charge is -2.47. The van der Waals surface area contributed by atoms with Crippen LogP contribution in [0.5, 0.6) is 0 Å². The molecule has 2 N–H and O–H groups in total. The van der Waals surface area contributed by atoms with E-state index < -0.39 is 39.8 Å². The number of ether oxygens (including phenoxy) is 1. The lowest BCUT2D eigenvalue weighted by atomic mass is 9.81. The molecule has 1 aromatic rings. The van der Waals surface area contributed by atoms with Gasteiger partial charge in [0.15, 0.2) is 21.5 Å². The van der Waals surface area contributed by atoms with Gasteiger partial charge in [-0.05, 0) is 12.8 Å². The van der Waals surface area contributed by atoms with E-state index in [-0.39, 0.29) is 41.4 Å². The maximum Gasteiger partial charge on any atom is 0.414 e. The summed E-state index contributed by atoms with van der Waals surface area (Å²) in [5.41, 5.74) is -0.497. The van der Waals surface area contributed by atoms with Crippen molar-refractivity contribution >= 4 is 33.4 Å². The number of nitrogens with zero attached hydrogens (tertiary/aromatic N) is 2. The van der Waals surface area contributed by atoms with E-state index in [0.717, 1.165) is 17.0 Å². The lowest BCUT2D eigenvalue weighted by molar-refractivity contribution is 0.136. The number of piperidine rings is 1. The molecule has 3 heterocycles. The number of halogens is 2. The number of cyclic esters (lactones) is 1. The standard InChI is InChI=1S/C18H21F2N3O6S/c19-13-5-11(23-8-12(29-17(23)26)7-21-16(24)25)6-14(20)15(13)22-3-1-18(2-4-22)9-30(27,28)10-18/h5-6,12,21H,1-4,7-10H2,(H,24,25). The fraction of sp³-hybridized carbons (Fsp3) is 0.556. The van der Waals surface area contributed by atoms with Gasteiger partial charge in [-0.3, -0.25) is 4.90 Å². The zero-order valence-corrected chi connectivity index (χ0v) is 16.8. The maximum atomic E-state index is 14.8. The summed E-state index contributed by atoms with van der Waals surface area (Å²) in [5.74, 6) is -1.40. The molecule has 1 unspecified atom stereocenters. The number of carbonyl (C=O) groups is 2. The number of nitrogens with one attached hydrogen (secondary N) is 1. The quantitative estimate of drug-likeness (QED) is 0.723. The van der Waals surface area contributed by atoms with Gasteiger partial charge in [0.2, 0.25) is 0 Å². The van der Waals surface area contributed by atoms with E-state index >= 15 is 0 Å². The van der Waals surface area contributed by atoms with Gasteiger partial charge in [0.05, 0.1) is 30.3 Å². The molecule has 30 heavy (non-hydrogen) atoms. The third kappa shape index (κ3) is 3.87. The average Bonchev–Trinajstić information content (AvgIpc) is 3.00. The maximum absolute atomic E-state index is 14.8. The van der Waals surface area contributed by atoms with E-state index in [1.165, 1.54) is 0 Å². The average molecular weight is 445 g/mol. The van der Waals surface area contributed by atoms with Gasteiger partial charge < -0.3 is 20.1 Å². The third-order valence-corrected chi connectivity index (χ3v) is 7.97. The van der Waals surface area contributed by atoms with Crippen LogP contribution >= 0.6 is 0 Å². The number of benzene rings is 1. The van der Waals surface area contributed by atoms with Crippen molar-refractivity contribution in [1.82, 2.24) is 5.32 Å². The van der Waals surface area contributed by atoms with Crippen LogP contribution in [0.25, 0.3) is 0 Å². The summed E-state index contributed by atoms with van der Waals surface area (Å²) >= 11 is 0. The van der Waals surface area contributed by atoms with Gasteiger partial charge in [0.25, 0.3) is 0 Å². The first kappa shape index (κ1) is 20.6. The Hall–Kier alpha value is -2.63. The van der Waals surface area contributed by atoms with Crippen LogP contribution in [0, 0.1) is 17.0 Å². The zero-order valence-electron chi connectivity index (χ0n) is 15.9. The molecule has 1 atom stereocenters. The van der Waals surface area contributed by atoms with Crippen molar-refractivity contribution < 1.29 is 36.6 Å². The minimum Gasteiger partial charge on any atom is -0.465 e. The molecule has 1 aromatic carbocycles. The van der Waals surface area contributed by atoms with E-state index in [0.29, 0.717) is 25.9 Å². The number of rotatable bonds is 4. The fourth-order valence-electron chi connectivity index (χ4n) is 4.43. The monoisotopic (exact) mass is 445 g/mol. The predicted octanol–water partition coefficient (Wildman–Crippen LogP) is 1.57. The molecule has 0 bridgehead atoms. The van der Waals surface area contributed by atoms with Crippen molar-refractivity contribution in [2.75, 3.05) is 47.5 Å². The summed E-state index contributed by atoms with van der Waals surface area (Å²) < 4.78 is 57.6. The van der Waals surface area contributed by atoms with Crippen molar-refractivity contribution in [2.45, 2.75) is 18.9 Å². The second kappa shape index (κ2) is 7.25. The SMILES string of the molecule is O=C(O)NCC1CN(c2cc(F)c(N3CCC4(CC3)CS(=O)(=O)C4)c(F)c2)C(=O)O1. The van der Waals surface area contributed by atoms with Crippen LogP contribution in [0.4, 0.5) is 29.7 Å². The van der Waals surface area contributed by atoms with Gasteiger partial charge in [-0.2, -0.15) is 0 Å². The van der Waals surface area contributed by atoms with Gasteiger partial charge in [-0.15, -0.1) is 0 Å². The fourth-order valence-corrected chi connectivity index (χ4v) is 6.79. The summed E-state index contributed by atoms with van der Waals surface area (Å²) in [7, 11) is -2.97. The van der Waals surface area contributed by atoms with Gasteiger partial charge >= 0.3 is 12.2 Å². The highest BCUT2D eigenvalue weighted by Gasteiger charge is 2.49. The molecule has 0 aliphatic carbocycles. The van der Waals surface area contributed by atoms with Crippen LogP contribution in [-0.2, 0) is 14.6 Å². The topological polar surface area (TPSA) is 116 Å². The normalized spacial score (nSPS) is 24.5. The molecule has 164 valence electrons. The molecule has 0 aromatic heterocycles. The van der Waals surface area contributed by atoms with Crippen LogP contribution in [0.3, 0.4) is 0 Å². The highest BCUT2D eigenvalue weighted by molar-refractivity contribution is 7.92. The number of carboxylic acid groups (broad SMARTS) is 1. The Morgan fingerprint density at radius 2 is 1.83 bits per heavy atom. The van der Waals surface area contributed by atoms with Crippen LogP contribution in [0.15, 0.2) is 12.1 Å². The van der Waals surface area contributed by atoms with Crippen molar-refractivity contribution in [1.29, 1.82) is 0 Å². The molecule has 2 amide bonds. The number of amides is 2. The molecule has 0 radical (unpaired) electrons. The minimum atomic E-state index is -2.97. The van der Waals surface area contributed by atoms with Crippen molar-refractivity contribution in [3.8, 4) is 0 Å². The Bertz CT molecular complexity index is 957. The number of carbonyl (C=O) groups excluding carboxylic acids is 1. The summed E-state index contributed by atoms with van der Waals surface area (Å²) in [6.45, 7) is 0.513. The van der Waals surface area contributed by atoms with Crippen LogP contribution in [-0.4, -0.2) is 69.5 Å². The minimum absolute atomic E-state index is 0.0184. The Kier molecular flexibility index (Phi) is 4.99. The van der Waals surface area contributed by atoms with E-state index in [2.05, 4.69) is 5.32 Å². The highest BCUT2D eigenvalue weighted by Crippen LogP contribution is 2.44. The van der Waals surface area contributed by atoms with Gasteiger partial charge in [-0.25, -0.2) is 26.8 Å². The molecule has 3 aliphatic heterocycles. The van der Waals surface area contributed by atoms with Crippen molar-refractivity contribution in [3.63, 3.8) is 0 Å². The largest absolute Gasteiger partial charge is 0.465 e. The molecule has 3 saturated heterocycles.